The monoisotopic (exact) mass is 673 g/mol. The number of aromatic nitrogens is 1. The molecule has 9 heteroatoms. The van der Waals surface area contributed by atoms with Gasteiger partial charge >= 0.3 is 0 Å². The number of piperazine rings is 1. The summed E-state index contributed by atoms with van der Waals surface area (Å²) < 4.78 is 32.3. The van der Waals surface area contributed by atoms with Gasteiger partial charge < -0.3 is 15.0 Å². The van der Waals surface area contributed by atoms with Crippen molar-refractivity contribution in [3.8, 4) is 5.75 Å². The van der Waals surface area contributed by atoms with Crippen molar-refractivity contribution in [2.75, 3.05) is 36.1 Å². The van der Waals surface area contributed by atoms with Gasteiger partial charge in [-0.1, -0.05) is 91.0 Å². The molecule has 2 heterocycles. The minimum absolute atomic E-state index is 0.0435. The van der Waals surface area contributed by atoms with E-state index in [-0.39, 0.29) is 12.1 Å². The molecule has 1 fully saturated rings. The van der Waals surface area contributed by atoms with Crippen molar-refractivity contribution in [2.45, 2.75) is 38.5 Å². The molecule has 2 N–H and O–H groups in total. The maximum atomic E-state index is 12.3. The maximum absolute atomic E-state index is 12.3. The maximum Gasteiger partial charge on any atom is 0.211 e. The van der Waals surface area contributed by atoms with Crippen molar-refractivity contribution in [3.63, 3.8) is 0 Å². The van der Waals surface area contributed by atoms with Crippen molar-refractivity contribution in [1.82, 2.24) is 9.29 Å². The number of benzene rings is 4. The van der Waals surface area contributed by atoms with Gasteiger partial charge in [0.2, 0.25) is 10.0 Å². The first-order chi connectivity index (χ1) is 23.6. The minimum atomic E-state index is -3.30. The smallest absolute Gasteiger partial charge is 0.211 e. The molecule has 0 amide bonds. The summed E-state index contributed by atoms with van der Waals surface area (Å²) in [6, 6.07) is 40.6. The lowest BCUT2D eigenvalue weighted by Gasteiger charge is -2.39. The number of nitrogens with zero attached hydrogens (tertiary/aromatic N) is 3. The van der Waals surface area contributed by atoms with Gasteiger partial charge in [-0.25, -0.2) is 13.4 Å². The molecule has 1 atom stereocenters. The molecule has 1 saturated heterocycles. The van der Waals surface area contributed by atoms with E-state index >= 15 is 0 Å². The predicted molar refractivity (Wildman–Crippen MR) is 198 cm³/mol. The van der Waals surface area contributed by atoms with Crippen LogP contribution in [0.3, 0.4) is 0 Å². The molecule has 1 unspecified atom stereocenters. The molecule has 0 radical (unpaired) electrons. The molecule has 6 rings (SSSR count). The van der Waals surface area contributed by atoms with Crippen molar-refractivity contribution >= 4 is 27.2 Å². The highest BCUT2D eigenvalue weighted by atomic mass is 32.2. The summed E-state index contributed by atoms with van der Waals surface area (Å²) in [4.78, 5) is 6.73. The molecule has 8 nitrogen and oxygen atoms in total. The highest BCUT2D eigenvalue weighted by molar-refractivity contribution is 7.88. The first-order valence-electron chi connectivity index (χ1n) is 16.6. The predicted octanol–water partition coefficient (Wildman–Crippen LogP) is 7.16. The van der Waals surface area contributed by atoms with Crippen molar-refractivity contribution in [3.05, 3.63) is 155 Å². The zero-order valence-corrected chi connectivity index (χ0v) is 29.2. The van der Waals surface area contributed by atoms with Crippen LogP contribution in [0, 0.1) is 5.41 Å². The van der Waals surface area contributed by atoms with Crippen LogP contribution in [0.25, 0.3) is 0 Å². The van der Waals surface area contributed by atoms with Crippen LogP contribution in [-0.2, 0) is 15.6 Å². The Morgan fingerprint density at radius 3 is 1.94 bits per heavy atom. The second-order valence-electron chi connectivity index (χ2n) is 12.8. The lowest BCUT2D eigenvalue weighted by molar-refractivity contribution is 0.242. The van der Waals surface area contributed by atoms with Gasteiger partial charge in [-0.05, 0) is 67.8 Å². The second kappa shape index (κ2) is 14.2. The van der Waals surface area contributed by atoms with Gasteiger partial charge in [0.1, 0.15) is 17.1 Å². The first kappa shape index (κ1) is 33.9. The molecule has 1 aliphatic rings. The Balaban J connectivity index is 1.45. The summed E-state index contributed by atoms with van der Waals surface area (Å²) in [7, 11) is -3.30. The van der Waals surface area contributed by atoms with Crippen molar-refractivity contribution < 1.29 is 13.2 Å². The van der Waals surface area contributed by atoms with Crippen LogP contribution in [0.4, 0.5) is 11.5 Å². The van der Waals surface area contributed by atoms with Crippen LogP contribution in [0.2, 0.25) is 0 Å². The van der Waals surface area contributed by atoms with Gasteiger partial charge in [-0.2, -0.15) is 4.31 Å². The summed E-state index contributed by atoms with van der Waals surface area (Å²) >= 11 is 0. The summed E-state index contributed by atoms with van der Waals surface area (Å²) in [6.07, 6.45) is 2.93. The number of sulfonamides is 1. The minimum Gasteiger partial charge on any atom is -0.491 e. The van der Waals surface area contributed by atoms with E-state index in [1.54, 1.807) is 6.20 Å². The summed E-state index contributed by atoms with van der Waals surface area (Å²) in [5.74, 6) is 1.38. The van der Waals surface area contributed by atoms with E-state index < -0.39 is 15.6 Å². The molecule has 1 aliphatic heterocycles. The van der Waals surface area contributed by atoms with Gasteiger partial charge in [0.15, 0.2) is 0 Å². The summed E-state index contributed by atoms with van der Waals surface area (Å²) in [5, 5.41) is 13.6. The number of anilines is 2. The Morgan fingerprint density at radius 1 is 0.857 bits per heavy atom. The SMILES string of the molecule is CC(C)Oc1ccc(NC(c2ccccc2)(c2ccccc2)c2ccccc2)c(C(=N)c2ccnc(N3CCN(S(C)(=O)=O)C(C)C3)c2)c1. The number of hydrogen-bond acceptors (Lipinski definition) is 7. The Morgan fingerprint density at radius 2 is 1.43 bits per heavy atom. The zero-order chi connectivity index (χ0) is 34.6. The lowest BCUT2D eigenvalue weighted by atomic mass is 9.76. The molecule has 0 aliphatic carbocycles. The number of nitrogens with one attached hydrogen (secondary N) is 2. The molecule has 4 aromatic carbocycles. The largest absolute Gasteiger partial charge is 0.491 e. The number of ether oxygens (including phenoxy) is 1. The van der Waals surface area contributed by atoms with Gasteiger partial charge in [-0.3, -0.25) is 5.41 Å². The van der Waals surface area contributed by atoms with Crippen molar-refractivity contribution in [1.29, 1.82) is 5.41 Å². The fourth-order valence-corrected chi connectivity index (χ4v) is 7.85. The van der Waals surface area contributed by atoms with Crippen LogP contribution in [0.15, 0.2) is 128 Å². The van der Waals surface area contributed by atoms with E-state index in [0.717, 1.165) is 22.4 Å². The first-order valence-corrected chi connectivity index (χ1v) is 18.4. The lowest BCUT2D eigenvalue weighted by Crippen LogP contribution is -2.53. The van der Waals surface area contributed by atoms with E-state index in [1.165, 1.54) is 10.6 Å². The molecular formula is C40H43N5O3S. The number of pyridine rings is 1. The second-order valence-corrected chi connectivity index (χ2v) is 14.7. The van der Waals surface area contributed by atoms with Crippen LogP contribution in [0.5, 0.6) is 5.75 Å². The molecule has 1 aromatic heterocycles. The van der Waals surface area contributed by atoms with E-state index in [4.69, 9.17) is 4.74 Å². The third-order valence-electron chi connectivity index (χ3n) is 8.93. The van der Waals surface area contributed by atoms with Crippen LogP contribution in [-0.4, -0.2) is 61.5 Å². The Hall–Kier alpha value is -4.99. The molecule has 49 heavy (non-hydrogen) atoms. The standard InChI is InChI=1S/C40H43N5O3S/c1-29(2)48-35-20-21-37(43-40(32-14-8-5-9-15-32,33-16-10-6-11-17-33)34-18-12-7-13-19-34)36(27-35)39(41)31-22-23-42-38(26-31)44-24-25-45(30(3)28-44)49(4,46)47/h5-23,26-27,29-30,41,43H,24-25,28H2,1-4H3. The Bertz CT molecular complexity index is 1910. The van der Waals surface area contributed by atoms with E-state index in [2.05, 4.69) is 88.0 Å². The van der Waals surface area contributed by atoms with Gasteiger partial charge in [0.25, 0.3) is 0 Å². The summed E-state index contributed by atoms with van der Waals surface area (Å²) in [5.41, 5.74) is 4.83. The van der Waals surface area contributed by atoms with E-state index in [0.29, 0.717) is 48.0 Å². The van der Waals surface area contributed by atoms with Crippen molar-refractivity contribution in [2.24, 2.45) is 0 Å². The Kier molecular flexibility index (Phi) is 9.85. The molecule has 0 saturated carbocycles. The highest BCUT2D eigenvalue weighted by Crippen LogP contribution is 2.41. The van der Waals surface area contributed by atoms with E-state index in [1.807, 2.05) is 69.3 Å². The zero-order valence-electron chi connectivity index (χ0n) is 28.4. The number of rotatable bonds is 11. The van der Waals surface area contributed by atoms with Crippen LogP contribution >= 0.6 is 0 Å². The Labute approximate surface area is 290 Å². The van der Waals surface area contributed by atoms with Gasteiger partial charge in [0, 0.05) is 48.7 Å². The third kappa shape index (κ3) is 7.23. The van der Waals surface area contributed by atoms with E-state index in [9.17, 15) is 13.8 Å². The molecule has 5 aromatic rings. The van der Waals surface area contributed by atoms with Crippen LogP contribution in [0.1, 0.15) is 48.6 Å². The molecule has 0 bridgehead atoms. The highest BCUT2D eigenvalue weighted by Gasteiger charge is 2.37. The normalized spacial score (nSPS) is 15.6. The fourth-order valence-electron chi connectivity index (χ4n) is 6.71. The molecule has 0 spiro atoms. The van der Waals surface area contributed by atoms with Crippen LogP contribution < -0.4 is 15.0 Å². The molecule has 252 valence electrons. The average molecular weight is 674 g/mol. The van der Waals surface area contributed by atoms with Gasteiger partial charge in [0.05, 0.1) is 18.1 Å². The van der Waals surface area contributed by atoms with Gasteiger partial charge in [-0.15, -0.1) is 0 Å². The quantitative estimate of drug-likeness (QED) is 0.114. The summed E-state index contributed by atoms with van der Waals surface area (Å²) in [6.45, 7) is 7.29. The topological polar surface area (TPSA) is 98.6 Å². The third-order valence-corrected chi connectivity index (χ3v) is 10.3. The molecular weight excluding hydrogens is 631 g/mol. The fraction of sp³-hybridized carbons (Fsp3) is 0.250. The number of hydrogen-bond donors (Lipinski definition) is 2. The average Bonchev–Trinajstić information content (AvgIpc) is 3.11.